The average Bonchev–Trinajstić information content (AvgIpc) is 2.50. The van der Waals surface area contributed by atoms with E-state index in [4.69, 9.17) is 23.2 Å². The quantitative estimate of drug-likeness (QED) is 0.458. The zero-order valence-corrected chi connectivity index (χ0v) is 15.7. The highest BCUT2D eigenvalue weighted by Crippen LogP contribution is 2.36. The highest BCUT2D eigenvalue weighted by atomic mass is 79.9. The maximum Gasteiger partial charge on any atom is 0.123 e. The van der Waals surface area contributed by atoms with Crippen LogP contribution in [0.1, 0.15) is 11.1 Å². The normalized spacial score (nSPS) is 11.7. The molecule has 0 saturated heterocycles. The first-order valence-electron chi connectivity index (χ1n) is 6.33. The molecule has 0 fully saturated rings. The second-order valence-corrected chi connectivity index (χ2v) is 6.85. The monoisotopic (exact) mass is 452 g/mol. The summed E-state index contributed by atoms with van der Waals surface area (Å²) in [6.07, 6.45) is 0.703. The Morgan fingerprint density at radius 2 is 1.57 bits per heavy atom. The Kier molecular flexibility index (Phi) is 6.13. The predicted octanol–water partition coefficient (Wildman–Crippen LogP) is 6.40. The zero-order chi connectivity index (χ0) is 15.5. The lowest BCUT2D eigenvalue weighted by Gasteiger charge is -2.31. The molecular weight excluding hydrogens is 442 g/mol. The second-order valence-electron chi connectivity index (χ2n) is 4.94. The van der Waals surface area contributed by atoms with Crippen LogP contribution in [-0.2, 0) is 11.8 Å². The van der Waals surface area contributed by atoms with Gasteiger partial charge in [0, 0.05) is 16.1 Å². The van der Waals surface area contributed by atoms with Crippen LogP contribution in [-0.4, -0.2) is 10.7 Å². The molecule has 5 heteroatoms. The summed E-state index contributed by atoms with van der Waals surface area (Å²) >= 11 is 19.6. The Morgan fingerprint density at radius 1 is 0.952 bits per heavy atom. The van der Waals surface area contributed by atoms with E-state index in [1.807, 2.05) is 24.3 Å². The van der Waals surface area contributed by atoms with Crippen LogP contribution < -0.4 is 0 Å². The molecular formula is C16H13Br2Cl2F. The molecule has 0 aromatic heterocycles. The van der Waals surface area contributed by atoms with E-state index in [1.54, 1.807) is 6.07 Å². The third kappa shape index (κ3) is 3.82. The summed E-state index contributed by atoms with van der Waals surface area (Å²) in [6, 6.07) is 12.2. The summed E-state index contributed by atoms with van der Waals surface area (Å²) in [5.41, 5.74) is 1.81. The fraction of sp³-hybridized carbons (Fsp3) is 0.250. The van der Waals surface area contributed by atoms with E-state index in [-0.39, 0.29) is 11.2 Å². The largest absolute Gasteiger partial charge is 0.207 e. The van der Waals surface area contributed by atoms with Crippen molar-refractivity contribution in [1.82, 2.24) is 0 Å². The molecule has 0 amide bonds. The molecule has 0 aliphatic heterocycles. The SMILES string of the molecule is Fc1ccc(C(CBr)(CBr)Cc2cccc(Cl)c2Cl)cc1. The number of alkyl halides is 2. The van der Waals surface area contributed by atoms with E-state index in [2.05, 4.69) is 31.9 Å². The third-order valence-electron chi connectivity index (χ3n) is 3.53. The first kappa shape index (κ1) is 17.3. The number of halogens is 5. The van der Waals surface area contributed by atoms with Crippen molar-refractivity contribution in [1.29, 1.82) is 0 Å². The lowest BCUT2D eigenvalue weighted by atomic mass is 9.79. The standard InChI is InChI=1S/C16H13Br2Cl2F/c17-9-16(10-18,12-4-6-13(21)7-5-12)8-11-2-1-3-14(19)15(11)20/h1-7H,8-10H2. The summed E-state index contributed by atoms with van der Waals surface area (Å²) in [4.78, 5) is 0. The Labute approximate surface area is 150 Å². The first-order chi connectivity index (χ1) is 10.0. The van der Waals surface area contributed by atoms with E-state index >= 15 is 0 Å². The van der Waals surface area contributed by atoms with E-state index in [1.165, 1.54) is 12.1 Å². The molecule has 2 rings (SSSR count). The van der Waals surface area contributed by atoms with Crippen molar-refractivity contribution in [3.05, 3.63) is 69.5 Å². The number of hydrogen-bond acceptors (Lipinski definition) is 0. The van der Waals surface area contributed by atoms with Crippen molar-refractivity contribution < 1.29 is 4.39 Å². The fourth-order valence-corrected chi connectivity index (χ4v) is 4.60. The third-order valence-corrected chi connectivity index (χ3v) is 6.53. The van der Waals surface area contributed by atoms with Crippen LogP contribution in [0.15, 0.2) is 42.5 Å². The van der Waals surface area contributed by atoms with Crippen molar-refractivity contribution in [3.63, 3.8) is 0 Å². The summed E-state index contributed by atoms with van der Waals surface area (Å²) < 4.78 is 13.2. The van der Waals surface area contributed by atoms with Crippen LogP contribution >= 0.6 is 55.1 Å². The van der Waals surface area contributed by atoms with Gasteiger partial charge in [-0.15, -0.1) is 0 Å². The maximum atomic E-state index is 13.2. The predicted molar refractivity (Wildman–Crippen MR) is 95.8 cm³/mol. The molecule has 112 valence electrons. The summed E-state index contributed by atoms with van der Waals surface area (Å²) in [7, 11) is 0. The molecule has 2 aromatic rings. The lowest BCUT2D eigenvalue weighted by Crippen LogP contribution is -2.33. The van der Waals surface area contributed by atoms with Gasteiger partial charge in [0.05, 0.1) is 10.0 Å². The van der Waals surface area contributed by atoms with Crippen molar-refractivity contribution in [2.45, 2.75) is 11.8 Å². The molecule has 2 aromatic carbocycles. The molecule has 0 bridgehead atoms. The van der Waals surface area contributed by atoms with E-state index in [9.17, 15) is 4.39 Å². The van der Waals surface area contributed by atoms with Crippen molar-refractivity contribution in [2.75, 3.05) is 10.7 Å². The first-order valence-corrected chi connectivity index (χ1v) is 9.33. The van der Waals surface area contributed by atoms with Crippen LogP contribution in [0.5, 0.6) is 0 Å². The van der Waals surface area contributed by atoms with Crippen molar-refractivity contribution >= 4 is 55.1 Å². The lowest BCUT2D eigenvalue weighted by molar-refractivity contribution is 0.548. The van der Waals surface area contributed by atoms with Crippen LogP contribution in [0.4, 0.5) is 4.39 Å². The summed E-state index contributed by atoms with van der Waals surface area (Å²) in [5, 5.41) is 2.57. The summed E-state index contributed by atoms with van der Waals surface area (Å²) in [5.74, 6) is -0.238. The van der Waals surface area contributed by atoms with Gasteiger partial charge in [-0.05, 0) is 35.7 Å². The van der Waals surface area contributed by atoms with Crippen LogP contribution in [0.25, 0.3) is 0 Å². The van der Waals surface area contributed by atoms with Gasteiger partial charge in [-0.3, -0.25) is 0 Å². The molecule has 21 heavy (non-hydrogen) atoms. The van der Waals surface area contributed by atoms with E-state index in [0.717, 1.165) is 21.8 Å². The molecule has 0 unspecified atom stereocenters. The van der Waals surface area contributed by atoms with Gasteiger partial charge in [0.1, 0.15) is 5.82 Å². The van der Waals surface area contributed by atoms with Gasteiger partial charge in [0.15, 0.2) is 0 Å². The summed E-state index contributed by atoms with van der Waals surface area (Å²) in [6.45, 7) is 0. The van der Waals surface area contributed by atoms with Crippen molar-refractivity contribution in [3.8, 4) is 0 Å². The molecule has 0 saturated carbocycles. The van der Waals surface area contributed by atoms with Gasteiger partial charge in [0.2, 0.25) is 0 Å². The highest BCUT2D eigenvalue weighted by molar-refractivity contribution is 9.09. The minimum Gasteiger partial charge on any atom is -0.207 e. The second kappa shape index (κ2) is 7.45. The molecule has 0 atom stereocenters. The molecule has 0 aliphatic rings. The Bertz CT molecular complexity index is 610. The molecule has 0 heterocycles. The van der Waals surface area contributed by atoms with Gasteiger partial charge in [-0.25, -0.2) is 4.39 Å². The van der Waals surface area contributed by atoms with Crippen LogP contribution in [0.2, 0.25) is 10.0 Å². The topological polar surface area (TPSA) is 0 Å². The minimum atomic E-state index is -0.238. The number of rotatable bonds is 5. The van der Waals surface area contributed by atoms with Gasteiger partial charge in [-0.1, -0.05) is 79.3 Å². The van der Waals surface area contributed by atoms with Gasteiger partial charge in [-0.2, -0.15) is 0 Å². The molecule has 0 aliphatic carbocycles. The van der Waals surface area contributed by atoms with Gasteiger partial charge >= 0.3 is 0 Å². The Hall–Kier alpha value is -0.0900. The van der Waals surface area contributed by atoms with Crippen LogP contribution in [0, 0.1) is 5.82 Å². The smallest absolute Gasteiger partial charge is 0.123 e. The van der Waals surface area contributed by atoms with Gasteiger partial charge < -0.3 is 0 Å². The molecule has 0 spiro atoms. The highest BCUT2D eigenvalue weighted by Gasteiger charge is 2.31. The zero-order valence-electron chi connectivity index (χ0n) is 11.1. The minimum absolute atomic E-state index is 0.220. The average molecular weight is 455 g/mol. The van der Waals surface area contributed by atoms with Crippen LogP contribution in [0.3, 0.4) is 0 Å². The molecule has 0 nitrogen and oxygen atoms in total. The number of hydrogen-bond donors (Lipinski definition) is 0. The van der Waals surface area contributed by atoms with E-state index < -0.39 is 0 Å². The Balaban J connectivity index is 2.43. The Morgan fingerprint density at radius 3 is 2.14 bits per heavy atom. The maximum absolute atomic E-state index is 13.2. The molecule has 0 N–H and O–H groups in total. The molecule has 0 radical (unpaired) electrons. The number of benzene rings is 2. The van der Waals surface area contributed by atoms with Gasteiger partial charge in [0.25, 0.3) is 0 Å². The van der Waals surface area contributed by atoms with E-state index in [0.29, 0.717) is 16.5 Å². The fourth-order valence-electron chi connectivity index (χ4n) is 2.24. The van der Waals surface area contributed by atoms with Crippen molar-refractivity contribution in [2.24, 2.45) is 0 Å².